The normalized spacial score (nSPS) is 15.1. The molecule has 0 bridgehead atoms. The SMILES string of the molecule is COC(=O)CN1C(=O)N/C(=C/c2cn(Cc3ccc(Cl)cc3)c3ccccc23)C1=O. The van der Waals surface area contributed by atoms with Crippen molar-refractivity contribution in [3.05, 3.63) is 76.6 Å². The van der Waals surface area contributed by atoms with E-state index in [0.29, 0.717) is 11.6 Å². The third-order valence-corrected chi connectivity index (χ3v) is 5.11. The lowest BCUT2D eigenvalue weighted by Gasteiger charge is -2.08. The maximum absolute atomic E-state index is 12.6. The van der Waals surface area contributed by atoms with E-state index in [2.05, 4.69) is 14.6 Å². The summed E-state index contributed by atoms with van der Waals surface area (Å²) in [4.78, 5) is 37.0. The number of amides is 3. The molecule has 1 aliphatic heterocycles. The standard InChI is InChI=1S/C22H18ClN3O4/c1-30-20(27)13-26-21(28)18(24-22(26)29)10-15-12-25(19-5-3-2-4-17(15)19)11-14-6-8-16(23)9-7-14/h2-10,12H,11,13H2,1H3,(H,24,29)/b18-10+. The number of urea groups is 1. The Morgan fingerprint density at radius 1 is 1.13 bits per heavy atom. The van der Waals surface area contributed by atoms with Gasteiger partial charge in [-0.2, -0.15) is 0 Å². The molecule has 0 radical (unpaired) electrons. The van der Waals surface area contributed by atoms with Crippen molar-refractivity contribution in [1.82, 2.24) is 14.8 Å². The Bertz CT molecular complexity index is 1180. The van der Waals surface area contributed by atoms with Gasteiger partial charge in [0.05, 0.1) is 7.11 Å². The Hall–Kier alpha value is -3.58. The van der Waals surface area contributed by atoms with Crippen molar-refractivity contribution in [3.63, 3.8) is 0 Å². The van der Waals surface area contributed by atoms with Crippen LogP contribution in [0.1, 0.15) is 11.1 Å². The van der Waals surface area contributed by atoms with Gasteiger partial charge in [-0.25, -0.2) is 9.69 Å². The van der Waals surface area contributed by atoms with Crippen LogP contribution in [0.15, 0.2) is 60.4 Å². The molecule has 2 aromatic carbocycles. The summed E-state index contributed by atoms with van der Waals surface area (Å²) < 4.78 is 6.61. The molecular formula is C22H18ClN3O4. The van der Waals surface area contributed by atoms with Gasteiger partial charge in [0.2, 0.25) is 0 Å². The second-order valence-corrected chi connectivity index (χ2v) is 7.25. The molecule has 1 saturated heterocycles. The van der Waals surface area contributed by atoms with Crippen LogP contribution in [0.5, 0.6) is 0 Å². The van der Waals surface area contributed by atoms with Gasteiger partial charge in [-0.15, -0.1) is 0 Å². The molecule has 1 aliphatic rings. The van der Waals surface area contributed by atoms with Crippen LogP contribution in [0.25, 0.3) is 17.0 Å². The summed E-state index contributed by atoms with van der Waals surface area (Å²) in [7, 11) is 1.20. The zero-order chi connectivity index (χ0) is 21.3. The first-order valence-corrected chi connectivity index (χ1v) is 9.58. The van der Waals surface area contributed by atoms with Crippen molar-refractivity contribution in [1.29, 1.82) is 0 Å². The Morgan fingerprint density at radius 3 is 2.60 bits per heavy atom. The Labute approximate surface area is 177 Å². The third kappa shape index (κ3) is 3.79. The molecule has 8 heteroatoms. The molecule has 0 atom stereocenters. The van der Waals surface area contributed by atoms with Crippen molar-refractivity contribution in [2.24, 2.45) is 0 Å². The number of hydrogen-bond donors (Lipinski definition) is 1. The molecule has 0 spiro atoms. The molecule has 1 N–H and O–H groups in total. The number of fused-ring (bicyclic) bond motifs is 1. The number of esters is 1. The monoisotopic (exact) mass is 423 g/mol. The number of para-hydroxylation sites is 1. The highest BCUT2D eigenvalue weighted by molar-refractivity contribution is 6.30. The highest BCUT2D eigenvalue weighted by Gasteiger charge is 2.35. The number of benzene rings is 2. The van der Waals surface area contributed by atoms with Crippen LogP contribution in [0, 0.1) is 0 Å². The van der Waals surface area contributed by atoms with E-state index >= 15 is 0 Å². The second-order valence-electron chi connectivity index (χ2n) is 6.81. The van der Waals surface area contributed by atoms with E-state index in [1.165, 1.54) is 7.11 Å². The molecule has 152 valence electrons. The lowest BCUT2D eigenvalue weighted by molar-refractivity contribution is -0.143. The quantitative estimate of drug-likeness (QED) is 0.387. The number of nitrogens with zero attached hydrogens (tertiary/aromatic N) is 2. The highest BCUT2D eigenvalue weighted by Crippen LogP contribution is 2.26. The van der Waals surface area contributed by atoms with Gasteiger partial charge in [0.25, 0.3) is 5.91 Å². The fourth-order valence-corrected chi connectivity index (χ4v) is 3.50. The smallest absolute Gasteiger partial charge is 0.329 e. The molecule has 4 rings (SSSR count). The van der Waals surface area contributed by atoms with E-state index in [1.807, 2.05) is 54.7 Å². The third-order valence-electron chi connectivity index (χ3n) is 4.86. The topological polar surface area (TPSA) is 80.6 Å². The second kappa shape index (κ2) is 8.04. The van der Waals surface area contributed by atoms with Crippen LogP contribution in [0.4, 0.5) is 4.79 Å². The Balaban J connectivity index is 1.68. The first kappa shape index (κ1) is 19.7. The highest BCUT2D eigenvalue weighted by atomic mass is 35.5. The lowest BCUT2D eigenvalue weighted by atomic mass is 10.1. The van der Waals surface area contributed by atoms with Crippen LogP contribution in [0.2, 0.25) is 5.02 Å². The molecule has 1 fully saturated rings. The van der Waals surface area contributed by atoms with E-state index in [4.69, 9.17) is 11.6 Å². The summed E-state index contributed by atoms with van der Waals surface area (Å²) in [6.45, 7) is 0.187. The van der Waals surface area contributed by atoms with Crippen molar-refractivity contribution in [3.8, 4) is 0 Å². The zero-order valence-corrected chi connectivity index (χ0v) is 16.8. The number of carbonyl (C=O) groups excluding carboxylic acids is 3. The van der Waals surface area contributed by atoms with E-state index in [1.54, 1.807) is 6.08 Å². The number of imide groups is 1. The fraction of sp³-hybridized carbons (Fsp3) is 0.136. The number of rotatable bonds is 5. The van der Waals surface area contributed by atoms with Gasteiger partial charge in [-0.3, -0.25) is 9.59 Å². The summed E-state index contributed by atoms with van der Waals surface area (Å²) in [5, 5.41) is 4.14. The molecule has 0 unspecified atom stereocenters. The van der Waals surface area contributed by atoms with Gasteiger partial charge in [0.15, 0.2) is 0 Å². The predicted octanol–water partition coefficient (Wildman–Crippen LogP) is 3.41. The summed E-state index contributed by atoms with van der Waals surface area (Å²) in [6, 6.07) is 14.7. The van der Waals surface area contributed by atoms with Crippen molar-refractivity contribution < 1.29 is 19.1 Å². The molecule has 3 amide bonds. The van der Waals surface area contributed by atoms with Crippen LogP contribution < -0.4 is 5.32 Å². The predicted molar refractivity (Wildman–Crippen MR) is 113 cm³/mol. The average Bonchev–Trinajstić information content (AvgIpc) is 3.22. The summed E-state index contributed by atoms with van der Waals surface area (Å²) >= 11 is 5.97. The van der Waals surface area contributed by atoms with Crippen molar-refractivity contribution >= 4 is 46.5 Å². The minimum absolute atomic E-state index is 0.110. The van der Waals surface area contributed by atoms with Gasteiger partial charge < -0.3 is 14.6 Å². The van der Waals surface area contributed by atoms with Crippen molar-refractivity contribution in [2.75, 3.05) is 13.7 Å². The maximum Gasteiger partial charge on any atom is 0.329 e. The largest absolute Gasteiger partial charge is 0.468 e. The van der Waals surface area contributed by atoms with Crippen LogP contribution in [0.3, 0.4) is 0 Å². The minimum atomic E-state index is -0.667. The average molecular weight is 424 g/mol. The Kier molecular flexibility index (Phi) is 5.29. The molecule has 2 heterocycles. The molecule has 30 heavy (non-hydrogen) atoms. The molecule has 3 aromatic rings. The summed E-state index contributed by atoms with van der Waals surface area (Å²) in [5.41, 5.74) is 2.96. The molecule has 7 nitrogen and oxygen atoms in total. The van der Waals surface area contributed by atoms with E-state index in [-0.39, 0.29) is 5.70 Å². The van der Waals surface area contributed by atoms with E-state index in [0.717, 1.165) is 26.9 Å². The van der Waals surface area contributed by atoms with Crippen molar-refractivity contribution in [2.45, 2.75) is 6.54 Å². The number of halogens is 1. The molecule has 0 aliphatic carbocycles. The lowest BCUT2D eigenvalue weighted by Crippen LogP contribution is -2.36. The number of nitrogens with one attached hydrogen (secondary N) is 1. The number of methoxy groups -OCH3 is 1. The number of hydrogen-bond acceptors (Lipinski definition) is 4. The van der Waals surface area contributed by atoms with Crippen LogP contribution in [-0.4, -0.2) is 41.0 Å². The summed E-state index contributed by atoms with van der Waals surface area (Å²) in [6.07, 6.45) is 3.55. The first-order valence-electron chi connectivity index (χ1n) is 9.20. The minimum Gasteiger partial charge on any atom is -0.468 e. The fourth-order valence-electron chi connectivity index (χ4n) is 3.37. The number of ether oxygens (including phenoxy) is 1. The summed E-state index contributed by atoms with van der Waals surface area (Å²) in [5.74, 6) is -1.24. The van der Waals surface area contributed by atoms with Gasteiger partial charge >= 0.3 is 12.0 Å². The van der Waals surface area contributed by atoms with E-state index in [9.17, 15) is 14.4 Å². The zero-order valence-electron chi connectivity index (χ0n) is 16.1. The first-order chi connectivity index (χ1) is 14.5. The van der Waals surface area contributed by atoms with Crippen LogP contribution >= 0.6 is 11.6 Å². The Morgan fingerprint density at radius 2 is 1.87 bits per heavy atom. The molecule has 1 aromatic heterocycles. The van der Waals surface area contributed by atoms with Gasteiger partial charge in [-0.05, 0) is 29.8 Å². The van der Waals surface area contributed by atoms with Gasteiger partial charge in [0.1, 0.15) is 12.2 Å². The van der Waals surface area contributed by atoms with E-state index < -0.39 is 24.5 Å². The molecular weight excluding hydrogens is 406 g/mol. The van der Waals surface area contributed by atoms with Gasteiger partial charge in [0, 0.05) is 34.2 Å². The number of carbonyl (C=O) groups is 3. The maximum atomic E-state index is 12.6. The van der Waals surface area contributed by atoms with Gasteiger partial charge in [-0.1, -0.05) is 41.9 Å². The number of aromatic nitrogens is 1. The van der Waals surface area contributed by atoms with Crippen LogP contribution in [-0.2, 0) is 20.9 Å². The molecule has 0 saturated carbocycles.